The molecule has 1 saturated heterocycles. The number of methoxy groups -OCH3 is 1. The van der Waals surface area contributed by atoms with E-state index in [4.69, 9.17) is 9.47 Å². The minimum absolute atomic E-state index is 0.134. The molecule has 82 valence electrons. The molecule has 0 bridgehead atoms. The Morgan fingerprint density at radius 1 is 1.47 bits per heavy atom. The molecule has 0 radical (unpaired) electrons. The molecular formula is C12H17NO2. The zero-order valence-electron chi connectivity index (χ0n) is 9.03. The molecular weight excluding hydrogens is 190 g/mol. The Kier molecular flexibility index (Phi) is 3.59. The van der Waals surface area contributed by atoms with Gasteiger partial charge in [-0.3, -0.25) is 5.32 Å². The van der Waals surface area contributed by atoms with Gasteiger partial charge in [-0.1, -0.05) is 18.2 Å². The van der Waals surface area contributed by atoms with Crippen LogP contribution in [0.2, 0.25) is 0 Å². The van der Waals surface area contributed by atoms with Gasteiger partial charge in [0.1, 0.15) is 12.0 Å². The van der Waals surface area contributed by atoms with Crippen LogP contribution in [0.25, 0.3) is 0 Å². The third-order valence-corrected chi connectivity index (χ3v) is 2.61. The van der Waals surface area contributed by atoms with Crippen molar-refractivity contribution in [3.8, 4) is 5.75 Å². The molecule has 0 spiro atoms. The molecule has 1 atom stereocenters. The molecule has 0 saturated carbocycles. The first-order chi connectivity index (χ1) is 7.40. The second-order valence-electron chi connectivity index (χ2n) is 3.68. The Morgan fingerprint density at radius 2 is 2.33 bits per heavy atom. The van der Waals surface area contributed by atoms with Crippen molar-refractivity contribution in [3.05, 3.63) is 29.8 Å². The van der Waals surface area contributed by atoms with Crippen molar-refractivity contribution in [1.29, 1.82) is 0 Å². The normalized spacial score (nSPS) is 21.3. The van der Waals surface area contributed by atoms with E-state index in [0.717, 1.165) is 31.7 Å². The smallest absolute Gasteiger partial charge is 0.122 e. The van der Waals surface area contributed by atoms with E-state index < -0.39 is 0 Å². The van der Waals surface area contributed by atoms with E-state index in [1.807, 2.05) is 18.2 Å². The van der Waals surface area contributed by atoms with Gasteiger partial charge in [-0.15, -0.1) is 0 Å². The van der Waals surface area contributed by atoms with E-state index in [9.17, 15) is 0 Å². The van der Waals surface area contributed by atoms with E-state index >= 15 is 0 Å². The maximum absolute atomic E-state index is 5.61. The summed E-state index contributed by atoms with van der Waals surface area (Å²) in [6.45, 7) is 1.90. The number of hydrogen-bond donors (Lipinski definition) is 1. The molecule has 15 heavy (non-hydrogen) atoms. The number of nitrogens with one attached hydrogen (secondary N) is 1. The molecule has 1 aliphatic heterocycles. The predicted octanol–water partition coefficient (Wildman–Crippen LogP) is 1.57. The molecule has 1 aromatic rings. The fraction of sp³-hybridized carbons (Fsp3) is 0.500. The van der Waals surface area contributed by atoms with Gasteiger partial charge in [0.2, 0.25) is 0 Å². The van der Waals surface area contributed by atoms with Crippen molar-refractivity contribution in [2.24, 2.45) is 0 Å². The van der Waals surface area contributed by atoms with E-state index in [2.05, 4.69) is 11.4 Å². The predicted molar refractivity (Wildman–Crippen MR) is 59.1 cm³/mol. The van der Waals surface area contributed by atoms with Crippen LogP contribution in [0, 0.1) is 0 Å². The highest BCUT2D eigenvalue weighted by atomic mass is 16.5. The standard InChI is InChI=1S/C12H17NO2/c1-14-11-6-3-2-5-10(11)9-12-13-7-4-8-15-12/h2-3,5-6,12-13H,4,7-9H2,1H3. The monoisotopic (exact) mass is 207 g/mol. The van der Waals surface area contributed by atoms with Crippen LogP contribution < -0.4 is 10.1 Å². The fourth-order valence-corrected chi connectivity index (χ4v) is 1.82. The largest absolute Gasteiger partial charge is 0.496 e. The summed E-state index contributed by atoms with van der Waals surface area (Å²) in [7, 11) is 1.70. The van der Waals surface area contributed by atoms with Crippen LogP contribution in [0.15, 0.2) is 24.3 Å². The highest BCUT2D eigenvalue weighted by molar-refractivity contribution is 5.33. The van der Waals surface area contributed by atoms with Gasteiger partial charge in [-0.05, 0) is 24.6 Å². The summed E-state index contributed by atoms with van der Waals surface area (Å²) in [6.07, 6.45) is 2.10. The van der Waals surface area contributed by atoms with Crippen LogP contribution in [0.4, 0.5) is 0 Å². The molecule has 1 aliphatic rings. The van der Waals surface area contributed by atoms with Crippen molar-refractivity contribution < 1.29 is 9.47 Å². The summed E-state index contributed by atoms with van der Waals surface area (Å²) in [6, 6.07) is 8.08. The zero-order valence-corrected chi connectivity index (χ0v) is 9.03. The highest BCUT2D eigenvalue weighted by Crippen LogP contribution is 2.19. The summed E-state index contributed by atoms with van der Waals surface area (Å²) in [5.41, 5.74) is 1.19. The van der Waals surface area contributed by atoms with Crippen molar-refractivity contribution >= 4 is 0 Å². The summed E-state index contributed by atoms with van der Waals surface area (Å²) >= 11 is 0. The number of para-hydroxylation sites is 1. The lowest BCUT2D eigenvalue weighted by Crippen LogP contribution is -2.39. The first-order valence-electron chi connectivity index (χ1n) is 5.37. The van der Waals surface area contributed by atoms with Crippen LogP contribution in [-0.4, -0.2) is 26.5 Å². The Bertz CT molecular complexity index is 308. The van der Waals surface area contributed by atoms with Crippen molar-refractivity contribution in [3.63, 3.8) is 0 Å². The third kappa shape index (κ3) is 2.70. The van der Waals surface area contributed by atoms with Crippen LogP contribution in [0.3, 0.4) is 0 Å². The molecule has 1 heterocycles. The molecule has 1 fully saturated rings. The SMILES string of the molecule is COc1ccccc1CC1NCCCO1. The van der Waals surface area contributed by atoms with E-state index in [-0.39, 0.29) is 6.23 Å². The minimum Gasteiger partial charge on any atom is -0.496 e. The molecule has 0 aliphatic carbocycles. The van der Waals surface area contributed by atoms with E-state index in [1.54, 1.807) is 7.11 Å². The van der Waals surface area contributed by atoms with E-state index in [0.29, 0.717) is 0 Å². The van der Waals surface area contributed by atoms with Gasteiger partial charge in [-0.2, -0.15) is 0 Å². The first kappa shape index (κ1) is 10.5. The number of rotatable bonds is 3. The van der Waals surface area contributed by atoms with E-state index in [1.165, 1.54) is 5.56 Å². The topological polar surface area (TPSA) is 30.5 Å². The Balaban J connectivity index is 2.02. The summed E-state index contributed by atoms with van der Waals surface area (Å²) in [5, 5.41) is 3.34. The second-order valence-corrected chi connectivity index (χ2v) is 3.68. The van der Waals surface area contributed by atoms with Crippen LogP contribution in [-0.2, 0) is 11.2 Å². The molecule has 1 aromatic carbocycles. The maximum atomic E-state index is 5.61. The van der Waals surface area contributed by atoms with Gasteiger partial charge in [0.05, 0.1) is 7.11 Å². The first-order valence-corrected chi connectivity index (χ1v) is 5.37. The van der Waals surface area contributed by atoms with Gasteiger partial charge in [0, 0.05) is 13.0 Å². The Morgan fingerprint density at radius 3 is 3.07 bits per heavy atom. The van der Waals surface area contributed by atoms with Gasteiger partial charge in [-0.25, -0.2) is 0 Å². The third-order valence-electron chi connectivity index (χ3n) is 2.61. The summed E-state index contributed by atoms with van der Waals surface area (Å²) in [5.74, 6) is 0.938. The maximum Gasteiger partial charge on any atom is 0.122 e. The van der Waals surface area contributed by atoms with Crippen molar-refractivity contribution in [2.45, 2.75) is 19.1 Å². The van der Waals surface area contributed by atoms with Crippen molar-refractivity contribution in [2.75, 3.05) is 20.3 Å². The quantitative estimate of drug-likeness (QED) is 0.816. The second kappa shape index (κ2) is 5.14. The fourth-order valence-electron chi connectivity index (χ4n) is 1.82. The molecule has 3 nitrogen and oxygen atoms in total. The summed E-state index contributed by atoms with van der Waals surface area (Å²) in [4.78, 5) is 0. The van der Waals surface area contributed by atoms with Crippen LogP contribution in [0.1, 0.15) is 12.0 Å². The lowest BCUT2D eigenvalue weighted by atomic mass is 10.1. The van der Waals surface area contributed by atoms with Crippen LogP contribution in [0.5, 0.6) is 5.75 Å². The molecule has 0 amide bonds. The molecule has 3 heteroatoms. The highest BCUT2D eigenvalue weighted by Gasteiger charge is 2.15. The Hall–Kier alpha value is -1.06. The van der Waals surface area contributed by atoms with Gasteiger partial charge in [0.25, 0.3) is 0 Å². The number of benzene rings is 1. The van der Waals surface area contributed by atoms with Gasteiger partial charge in [0.15, 0.2) is 0 Å². The van der Waals surface area contributed by atoms with Gasteiger partial charge < -0.3 is 9.47 Å². The average molecular weight is 207 g/mol. The average Bonchev–Trinajstić information content (AvgIpc) is 2.31. The minimum atomic E-state index is 0.134. The van der Waals surface area contributed by atoms with Crippen molar-refractivity contribution in [1.82, 2.24) is 5.32 Å². The molecule has 1 unspecified atom stereocenters. The number of ether oxygens (including phenoxy) is 2. The summed E-state index contributed by atoms with van der Waals surface area (Å²) < 4.78 is 10.9. The number of hydrogen-bond acceptors (Lipinski definition) is 3. The molecule has 1 N–H and O–H groups in total. The zero-order chi connectivity index (χ0) is 10.5. The molecule has 0 aromatic heterocycles. The van der Waals surface area contributed by atoms with Gasteiger partial charge >= 0.3 is 0 Å². The Labute approximate surface area is 90.4 Å². The lowest BCUT2D eigenvalue weighted by Gasteiger charge is -2.24. The van der Waals surface area contributed by atoms with Crippen LogP contribution >= 0.6 is 0 Å². The molecule has 2 rings (SSSR count). The lowest BCUT2D eigenvalue weighted by molar-refractivity contribution is 0.00166.